The van der Waals surface area contributed by atoms with Crippen molar-refractivity contribution >= 4 is 28.5 Å². The van der Waals surface area contributed by atoms with E-state index in [1.165, 1.54) is 6.07 Å². The Morgan fingerprint density at radius 1 is 1.00 bits per heavy atom. The van der Waals surface area contributed by atoms with Gasteiger partial charge >= 0.3 is 5.63 Å². The summed E-state index contributed by atoms with van der Waals surface area (Å²) >= 11 is 0. The Balaban J connectivity index is 1.90. The van der Waals surface area contributed by atoms with Gasteiger partial charge in [-0.2, -0.15) is 0 Å². The monoisotopic (exact) mass is 356 g/mol. The molecule has 6 heteroatoms. The summed E-state index contributed by atoms with van der Waals surface area (Å²) in [5, 5.41) is 6.44. The number of anilines is 1. The second-order valence-corrected chi connectivity index (χ2v) is 7.01. The van der Waals surface area contributed by atoms with Crippen LogP contribution < -0.4 is 16.3 Å². The summed E-state index contributed by atoms with van der Waals surface area (Å²) in [5.41, 5.74) is 2.41. The minimum atomic E-state index is -0.387. The van der Waals surface area contributed by atoms with Crippen LogP contribution in [0.2, 0.25) is 0 Å². The SMILES string of the molecule is CNC(=O)[C@@H]1CCCC[C@@H]1C(=O)Nc1cc2c(C)cc(=O)oc2cc1C. The average Bonchev–Trinajstić information content (AvgIpc) is 2.62. The lowest BCUT2D eigenvalue weighted by atomic mass is 9.78. The molecule has 1 fully saturated rings. The number of amides is 2. The van der Waals surface area contributed by atoms with Crippen LogP contribution in [-0.2, 0) is 9.59 Å². The Morgan fingerprint density at radius 3 is 2.31 bits per heavy atom. The molecule has 1 aromatic heterocycles. The molecule has 2 N–H and O–H groups in total. The van der Waals surface area contributed by atoms with E-state index in [9.17, 15) is 14.4 Å². The second-order valence-electron chi connectivity index (χ2n) is 7.01. The summed E-state index contributed by atoms with van der Waals surface area (Å²) < 4.78 is 5.24. The van der Waals surface area contributed by atoms with E-state index in [-0.39, 0.29) is 29.3 Å². The minimum absolute atomic E-state index is 0.0716. The Morgan fingerprint density at radius 2 is 1.65 bits per heavy atom. The first kappa shape index (κ1) is 18.2. The summed E-state index contributed by atoms with van der Waals surface area (Å²) in [5.74, 6) is -0.809. The van der Waals surface area contributed by atoms with E-state index < -0.39 is 0 Å². The van der Waals surface area contributed by atoms with Crippen LogP contribution in [0, 0.1) is 25.7 Å². The summed E-state index contributed by atoms with van der Waals surface area (Å²) in [4.78, 5) is 36.5. The molecule has 1 aliphatic carbocycles. The molecule has 1 heterocycles. The van der Waals surface area contributed by atoms with Crippen LogP contribution in [0.15, 0.2) is 27.4 Å². The van der Waals surface area contributed by atoms with Crippen molar-refractivity contribution in [3.8, 4) is 0 Å². The fourth-order valence-electron chi connectivity index (χ4n) is 3.77. The highest BCUT2D eigenvalue weighted by molar-refractivity contribution is 5.98. The third-order valence-corrected chi connectivity index (χ3v) is 5.24. The fraction of sp³-hybridized carbons (Fsp3) is 0.450. The van der Waals surface area contributed by atoms with Crippen molar-refractivity contribution in [2.24, 2.45) is 11.8 Å². The van der Waals surface area contributed by atoms with E-state index in [1.54, 1.807) is 13.1 Å². The van der Waals surface area contributed by atoms with Crippen molar-refractivity contribution in [2.45, 2.75) is 39.5 Å². The van der Waals surface area contributed by atoms with Gasteiger partial charge in [0.25, 0.3) is 0 Å². The van der Waals surface area contributed by atoms with Crippen LogP contribution in [0.1, 0.15) is 36.8 Å². The van der Waals surface area contributed by atoms with Gasteiger partial charge in [-0.05, 0) is 49.9 Å². The van der Waals surface area contributed by atoms with Gasteiger partial charge in [-0.25, -0.2) is 4.79 Å². The highest BCUT2D eigenvalue weighted by Crippen LogP contribution is 2.32. The van der Waals surface area contributed by atoms with Crippen molar-refractivity contribution in [3.63, 3.8) is 0 Å². The zero-order valence-corrected chi connectivity index (χ0v) is 15.3. The molecule has 0 saturated heterocycles. The molecular formula is C20H24N2O4. The van der Waals surface area contributed by atoms with Gasteiger partial charge in [0.1, 0.15) is 5.58 Å². The van der Waals surface area contributed by atoms with Crippen molar-refractivity contribution in [1.29, 1.82) is 0 Å². The molecule has 0 aliphatic heterocycles. The molecule has 3 rings (SSSR count). The Bertz CT molecular complexity index is 916. The number of hydrogen-bond acceptors (Lipinski definition) is 4. The quantitative estimate of drug-likeness (QED) is 0.828. The molecule has 1 aromatic carbocycles. The van der Waals surface area contributed by atoms with Gasteiger partial charge in [0, 0.05) is 36.0 Å². The number of fused-ring (bicyclic) bond motifs is 1. The summed E-state index contributed by atoms with van der Waals surface area (Å²) in [7, 11) is 1.61. The lowest BCUT2D eigenvalue weighted by Crippen LogP contribution is -2.40. The van der Waals surface area contributed by atoms with Gasteiger partial charge in [0.15, 0.2) is 0 Å². The Hall–Kier alpha value is -2.63. The fourth-order valence-corrected chi connectivity index (χ4v) is 3.77. The number of rotatable bonds is 3. The number of aryl methyl sites for hydroxylation is 2. The van der Waals surface area contributed by atoms with E-state index in [1.807, 2.05) is 19.9 Å². The maximum absolute atomic E-state index is 12.9. The molecule has 26 heavy (non-hydrogen) atoms. The normalized spacial score (nSPS) is 20.0. The van der Waals surface area contributed by atoms with E-state index in [2.05, 4.69) is 10.6 Å². The van der Waals surface area contributed by atoms with Crippen LogP contribution in [0.4, 0.5) is 5.69 Å². The molecule has 0 radical (unpaired) electrons. The van der Waals surface area contributed by atoms with Crippen molar-refractivity contribution in [2.75, 3.05) is 12.4 Å². The molecule has 1 saturated carbocycles. The van der Waals surface area contributed by atoms with E-state index in [4.69, 9.17) is 4.42 Å². The summed E-state index contributed by atoms with van der Waals surface area (Å²) in [6, 6.07) is 5.03. The Labute approximate surface area is 152 Å². The molecule has 2 amide bonds. The number of nitrogens with one attached hydrogen (secondary N) is 2. The summed E-state index contributed by atoms with van der Waals surface area (Å²) in [6.07, 6.45) is 3.37. The zero-order chi connectivity index (χ0) is 18.8. The molecule has 2 aromatic rings. The number of carbonyl (C=O) groups excluding carboxylic acids is 2. The molecule has 0 spiro atoms. The lowest BCUT2D eigenvalue weighted by Gasteiger charge is -2.29. The molecule has 0 unspecified atom stereocenters. The van der Waals surface area contributed by atoms with Gasteiger partial charge in [-0.1, -0.05) is 12.8 Å². The third-order valence-electron chi connectivity index (χ3n) is 5.24. The first-order valence-corrected chi connectivity index (χ1v) is 8.98. The van der Waals surface area contributed by atoms with Crippen molar-refractivity contribution in [1.82, 2.24) is 5.32 Å². The first-order valence-electron chi connectivity index (χ1n) is 8.98. The second kappa shape index (κ2) is 7.32. The Kier molecular flexibility index (Phi) is 5.11. The van der Waals surface area contributed by atoms with Crippen LogP contribution >= 0.6 is 0 Å². The lowest BCUT2D eigenvalue weighted by molar-refractivity contribution is -0.133. The highest BCUT2D eigenvalue weighted by Gasteiger charge is 2.35. The van der Waals surface area contributed by atoms with Gasteiger partial charge < -0.3 is 15.1 Å². The van der Waals surface area contributed by atoms with Gasteiger partial charge in [0.2, 0.25) is 11.8 Å². The average molecular weight is 356 g/mol. The predicted octanol–water partition coefficient (Wildman–Crippen LogP) is 2.90. The maximum Gasteiger partial charge on any atom is 0.336 e. The highest BCUT2D eigenvalue weighted by atomic mass is 16.4. The van der Waals surface area contributed by atoms with Gasteiger partial charge in [-0.3, -0.25) is 9.59 Å². The van der Waals surface area contributed by atoms with E-state index in [0.29, 0.717) is 17.7 Å². The van der Waals surface area contributed by atoms with Crippen molar-refractivity contribution < 1.29 is 14.0 Å². The van der Waals surface area contributed by atoms with Gasteiger partial charge in [0.05, 0.1) is 0 Å². The van der Waals surface area contributed by atoms with E-state index in [0.717, 1.165) is 35.8 Å². The maximum atomic E-state index is 12.9. The molecule has 0 bridgehead atoms. The smallest absolute Gasteiger partial charge is 0.336 e. The van der Waals surface area contributed by atoms with Crippen LogP contribution in [0.5, 0.6) is 0 Å². The number of hydrogen-bond donors (Lipinski definition) is 2. The first-order chi connectivity index (χ1) is 12.4. The van der Waals surface area contributed by atoms with Crippen LogP contribution in [0.25, 0.3) is 11.0 Å². The largest absolute Gasteiger partial charge is 0.423 e. The van der Waals surface area contributed by atoms with Gasteiger partial charge in [-0.15, -0.1) is 0 Å². The predicted molar refractivity (Wildman–Crippen MR) is 100 cm³/mol. The third kappa shape index (κ3) is 3.49. The van der Waals surface area contributed by atoms with Crippen LogP contribution in [0.3, 0.4) is 0 Å². The molecule has 138 valence electrons. The number of benzene rings is 1. The molecule has 6 nitrogen and oxygen atoms in total. The topological polar surface area (TPSA) is 88.4 Å². The van der Waals surface area contributed by atoms with Crippen molar-refractivity contribution in [3.05, 3.63) is 39.7 Å². The van der Waals surface area contributed by atoms with E-state index >= 15 is 0 Å². The standard InChI is InChI=1S/C20H24N2O4/c1-11-9-18(23)26-17-8-12(2)16(10-15(11)17)22-20(25)14-7-5-4-6-13(14)19(24)21-3/h8-10,13-14H,4-7H2,1-3H3,(H,21,24)(H,22,25)/t13-,14+/m1/s1. The molecule has 2 atom stereocenters. The molecular weight excluding hydrogens is 332 g/mol. The van der Waals surface area contributed by atoms with Crippen LogP contribution in [-0.4, -0.2) is 18.9 Å². The zero-order valence-electron chi connectivity index (χ0n) is 15.3. The summed E-state index contributed by atoms with van der Waals surface area (Å²) in [6.45, 7) is 3.69. The minimum Gasteiger partial charge on any atom is -0.423 e. The molecule has 1 aliphatic rings. The number of carbonyl (C=O) groups is 2.